The van der Waals surface area contributed by atoms with Crippen molar-refractivity contribution >= 4 is 16.9 Å². The molecule has 0 aliphatic heterocycles. The molecule has 1 heterocycles. The Kier molecular flexibility index (Phi) is 3.87. The monoisotopic (exact) mass is 297 g/mol. The van der Waals surface area contributed by atoms with Gasteiger partial charge in [0.1, 0.15) is 11.6 Å². The molecule has 3 aromatic rings. The molecule has 1 aromatic heterocycles. The van der Waals surface area contributed by atoms with Gasteiger partial charge in [-0.2, -0.15) is 0 Å². The van der Waals surface area contributed by atoms with E-state index >= 15 is 0 Å². The molecule has 0 atom stereocenters. The first-order valence-corrected chi connectivity index (χ1v) is 7.11. The molecule has 3 rings (SSSR count). The van der Waals surface area contributed by atoms with Gasteiger partial charge >= 0.3 is 0 Å². The summed E-state index contributed by atoms with van der Waals surface area (Å²) in [4.78, 5) is 19.5. The number of aromatic amines is 1. The second-order valence-corrected chi connectivity index (χ2v) is 5.17. The summed E-state index contributed by atoms with van der Waals surface area (Å²) in [5.41, 5.74) is 3.01. The highest BCUT2D eigenvalue weighted by molar-refractivity contribution is 5.95. The number of H-pyrrole nitrogens is 1. The number of nitrogens with one attached hydrogen (secondary N) is 2. The van der Waals surface area contributed by atoms with E-state index < -0.39 is 0 Å². The van der Waals surface area contributed by atoms with Crippen molar-refractivity contribution in [1.29, 1.82) is 0 Å². The lowest BCUT2D eigenvalue weighted by Gasteiger charge is -2.06. The maximum absolute atomic E-state index is 13.1. The van der Waals surface area contributed by atoms with Gasteiger partial charge in [0.2, 0.25) is 0 Å². The number of hydrogen-bond donors (Lipinski definition) is 2. The van der Waals surface area contributed by atoms with E-state index in [-0.39, 0.29) is 11.7 Å². The number of carbonyl (C=O) groups is 1. The molecule has 0 aliphatic rings. The zero-order chi connectivity index (χ0) is 15.5. The third-order valence-corrected chi connectivity index (χ3v) is 3.53. The molecule has 22 heavy (non-hydrogen) atoms. The van der Waals surface area contributed by atoms with E-state index in [1.807, 2.05) is 25.1 Å². The number of imidazole rings is 1. The fraction of sp³-hybridized carbons (Fsp3) is 0.176. The van der Waals surface area contributed by atoms with Crippen LogP contribution in [-0.4, -0.2) is 22.4 Å². The molecule has 5 heteroatoms. The molecule has 0 fully saturated rings. The van der Waals surface area contributed by atoms with Crippen molar-refractivity contribution in [3.63, 3.8) is 0 Å². The van der Waals surface area contributed by atoms with E-state index in [0.717, 1.165) is 16.9 Å². The fourth-order valence-electron chi connectivity index (χ4n) is 2.37. The molecule has 112 valence electrons. The summed E-state index contributed by atoms with van der Waals surface area (Å²) in [6.45, 7) is 2.37. The number of halogens is 1. The third kappa shape index (κ3) is 2.98. The normalized spacial score (nSPS) is 10.8. The molecule has 0 radical (unpaired) electrons. The van der Waals surface area contributed by atoms with Crippen molar-refractivity contribution in [3.05, 3.63) is 65.2 Å². The van der Waals surface area contributed by atoms with E-state index in [2.05, 4.69) is 15.3 Å². The summed E-state index contributed by atoms with van der Waals surface area (Å²) in [5.74, 6) is 0.335. The minimum atomic E-state index is -0.296. The average Bonchev–Trinajstić information content (AvgIpc) is 2.89. The molecule has 2 aromatic carbocycles. The predicted molar refractivity (Wildman–Crippen MR) is 83.3 cm³/mol. The second-order valence-electron chi connectivity index (χ2n) is 5.17. The highest BCUT2D eigenvalue weighted by Gasteiger charge is 2.08. The molecule has 2 N–H and O–H groups in total. The summed E-state index contributed by atoms with van der Waals surface area (Å²) in [6.07, 6.45) is 0.563. The molecule has 4 nitrogen and oxygen atoms in total. The molecule has 0 bridgehead atoms. The first-order chi connectivity index (χ1) is 10.6. The minimum absolute atomic E-state index is 0.0970. The van der Waals surface area contributed by atoms with E-state index in [4.69, 9.17) is 0 Å². The van der Waals surface area contributed by atoms with Gasteiger partial charge in [-0.3, -0.25) is 4.79 Å². The zero-order valence-electron chi connectivity index (χ0n) is 12.2. The van der Waals surface area contributed by atoms with Crippen molar-refractivity contribution in [1.82, 2.24) is 15.3 Å². The van der Waals surface area contributed by atoms with E-state index in [9.17, 15) is 9.18 Å². The summed E-state index contributed by atoms with van der Waals surface area (Å²) < 4.78 is 13.1. The van der Waals surface area contributed by atoms with E-state index in [1.165, 1.54) is 12.1 Å². The summed E-state index contributed by atoms with van der Waals surface area (Å²) in [6, 6.07) is 11.9. The molecule has 0 saturated carbocycles. The lowest BCUT2D eigenvalue weighted by Crippen LogP contribution is -2.26. The molecular formula is C17H16FN3O. The number of benzene rings is 2. The van der Waals surface area contributed by atoms with Crippen LogP contribution in [0.15, 0.2) is 42.5 Å². The quantitative estimate of drug-likeness (QED) is 0.778. The van der Waals surface area contributed by atoms with Gasteiger partial charge in [0.25, 0.3) is 5.91 Å². The Morgan fingerprint density at radius 2 is 2.09 bits per heavy atom. The van der Waals surface area contributed by atoms with Crippen molar-refractivity contribution in [2.24, 2.45) is 0 Å². The average molecular weight is 297 g/mol. The molecular weight excluding hydrogens is 281 g/mol. The largest absolute Gasteiger partial charge is 0.352 e. The highest BCUT2D eigenvalue weighted by atomic mass is 19.1. The van der Waals surface area contributed by atoms with Crippen LogP contribution in [0, 0.1) is 12.7 Å². The van der Waals surface area contributed by atoms with Crippen molar-refractivity contribution in [2.75, 3.05) is 6.54 Å². The number of hydrogen-bond acceptors (Lipinski definition) is 2. The minimum Gasteiger partial charge on any atom is -0.352 e. The van der Waals surface area contributed by atoms with Crippen molar-refractivity contribution in [2.45, 2.75) is 13.3 Å². The molecule has 0 saturated heterocycles. The molecule has 1 amide bonds. The van der Waals surface area contributed by atoms with Gasteiger partial charge in [-0.05, 0) is 36.8 Å². The van der Waals surface area contributed by atoms with Crippen LogP contribution >= 0.6 is 0 Å². The first-order valence-electron chi connectivity index (χ1n) is 7.11. The fourth-order valence-corrected chi connectivity index (χ4v) is 2.37. The van der Waals surface area contributed by atoms with Gasteiger partial charge in [-0.25, -0.2) is 9.37 Å². The standard InChI is InChI=1S/C17H16FN3O/c1-11-4-2-3-5-13(11)17(22)19-9-8-16-20-14-7-6-12(18)10-15(14)21-16/h2-7,10H,8-9H2,1H3,(H,19,22)(H,20,21). The maximum atomic E-state index is 13.1. The number of fused-ring (bicyclic) bond motifs is 1. The van der Waals surface area contributed by atoms with Gasteiger partial charge < -0.3 is 10.3 Å². The lowest BCUT2D eigenvalue weighted by molar-refractivity contribution is 0.0953. The smallest absolute Gasteiger partial charge is 0.251 e. The van der Waals surface area contributed by atoms with E-state index in [1.54, 1.807) is 12.1 Å². The SMILES string of the molecule is Cc1ccccc1C(=O)NCCc1nc2ccc(F)cc2[nH]1. The van der Waals surface area contributed by atoms with Crippen LogP contribution in [0.5, 0.6) is 0 Å². The second kappa shape index (κ2) is 5.97. The van der Waals surface area contributed by atoms with E-state index in [0.29, 0.717) is 24.0 Å². The third-order valence-electron chi connectivity index (χ3n) is 3.53. The van der Waals surface area contributed by atoms with Gasteiger partial charge in [-0.15, -0.1) is 0 Å². The predicted octanol–water partition coefficient (Wildman–Crippen LogP) is 2.98. The number of nitrogens with zero attached hydrogens (tertiary/aromatic N) is 1. The Morgan fingerprint density at radius 1 is 1.27 bits per heavy atom. The number of amides is 1. The van der Waals surface area contributed by atoms with Gasteiger partial charge in [0.05, 0.1) is 11.0 Å². The zero-order valence-corrected chi connectivity index (χ0v) is 12.2. The lowest BCUT2D eigenvalue weighted by atomic mass is 10.1. The Balaban J connectivity index is 1.62. The van der Waals surface area contributed by atoms with Gasteiger partial charge in [-0.1, -0.05) is 18.2 Å². The number of rotatable bonds is 4. The summed E-state index contributed by atoms with van der Waals surface area (Å²) >= 11 is 0. The van der Waals surface area contributed by atoms with Crippen LogP contribution < -0.4 is 5.32 Å². The topological polar surface area (TPSA) is 57.8 Å². The van der Waals surface area contributed by atoms with Crippen molar-refractivity contribution in [3.8, 4) is 0 Å². The summed E-state index contributed by atoms with van der Waals surface area (Å²) in [7, 11) is 0. The van der Waals surface area contributed by atoms with Crippen LogP contribution in [0.25, 0.3) is 11.0 Å². The number of aromatic nitrogens is 2. The molecule has 0 aliphatic carbocycles. The Morgan fingerprint density at radius 3 is 2.91 bits per heavy atom. The maximum Gasteiger partial charge on any atom is 0.251 e. The number of carbonyl (C=O) groups excluding carboxylic acids is 1. The van der Waals surface area contributed by atoms with Crippen LogP contribution in [0.2, 0.25) is 0 Å². The van der Waals surface area contributed by atoms with Crippen LogP contribution in [0.1, 0.15) is 21.7 Å². The Labute approximate surface area is 127 Å². The number of aryl methyl sites for hydroxylation is 1. The van der Waals surface area contributed by atoms with Crippen LogP contribution in [0.4, 0.5) is 4.39 Å². The summed E-state index contributed by atoms with van der Waals surface area (Å²) in [5, 5.41) is 2.87. The van der Waals surface area contributed by atoms with Crippen LogP contribution in [0.3, 0.4) is 0 Å². The van der Waals surface area contributed by atoms with Crippen LogP contribution in [-0.2, 0) is 6.42 Å². The van der Waals surface area contributed by atoms with Gasteiger partial charge in [0.15, 0.2) is 0 Å². The Hall–Kier alpha value is -2.69. The first kappa shape index (κ1) is 14.3. The molecule has 0 spiro atoms. The Bertz CT molecular complexity index is 826. The van der Waals surface area contributed by atoms with Gasteiger partial charge in [0, 0.05) is 18.5 Å². The molecule has 0 unspecified atom stereocenters. The van der Waals surface area contributed by atoms with Crippen molar-refractivity contribution < 1.29 is 9.18 Å². The highest BCUT2D eigenvalue weighted by Crippen LogP contribution is 2.13.